The van der Waals surface area contributed by atoms with E-state index in [2.05, 4.69) is 50.5 Å². The molecule has 0 saturated carbocycles. The largest absolute Gasteiger partial charge is 0.508 e. The molecule has 7 heteroatoms. The van der Waals surface area contributed by atoms with Gasteiger partial charge in [-0.2, -0.15) is 0 Å². The molecule has 0 aliphatic rings. The third-order valence-electron chi connectivity index (χ3n) is 4.08. The Balaban J connectivity index is 2.25. The van der Waals surface area contributed by atoms with Crippen LogP contribution in [0, 0.1) is 0 Å². The van der Waals surface area contributed by atoms with Crippen LogP contribution in [0.25, 0.3) is 0 Å². The van der Waals surface area contributed by atoms with Gasteiger partial charge in [0.2, 0.25) is 0 Å². The summed E-state index contributed by atoms with van der Waals surface area (Å²) in [5.74, 6) is -0.0652. The van der Waals surface area contributed by atoms with Crippen LogP contribution in [-0.4, -0.2) is 15.3 Å². The molecule has 3 nitrogen and oxygen atoms in total. The molecule has 0 aliphatic heterocycles. The fraction of sp³-hybridized carbons (Fsp3) is 0.0526. The summed E-state index contributed by atoms with van der Waals surface area (Å²) in [5.41, 5.74) is 2.59. The number of phenolic OH excluding ortho intramolecular Hbond substituents is 3. The molecule has 0 amide bonds. The summed E-state index contributed by atoms with van der Waals surface area (Å²) in [5, 5.41) is 29.6. The standard InChI is InChI=1S/C19H16O3S4/c20-12-3-1-9(2-4-12)17(10-5-13(23)18(21)14(24)6-10)11-7-15(25)19(22)16(26)8-11/h1-8,17,20-26H. The minimum absolute atomic E-state index is 0.0142. The van der Waals surface area contributed by atoms with E-state index in [-0.39, 0.29) is 23.2 Å². The van der Waals surface area contributed by atoms with E-state index in [1.54, 1.807) is 36.4 Å². The summed E-state index contributed by atoms with van der Waals surface area (Å²) < 4.78 is 0. The number of hydrogen-bond acceptors (Lipinski definition) is 7. The zero-order chi connectivity index (χ0) is 19.0. The van der Waals surface area contributed by atoms with Crippen molar-refractivity contribution in [1.29, 1.82) is 0 Å². The van der Waals surface area contributed by atoms with Crippen LogP contribution in [0.1, 0.15) is 22.6 Å². The van der Waals surface area contributed by atoms with Gasteiger partial charge in [0, 0.05) is 25.5 Å². The van der Waals surface area contributed by atoms with E-state index in [1.165, 1.54) is 0 Å². The summed E-state index contributed by atoms with van der Waals surface area (Å²) in [6, 6.07) is 13.9. The van der Waals surface area contributed by atoms with Crippen molar-refractivity contribution in [2.45, 2.75) is 25.5 Å². The normalized spacial score (nSPS) is 11.1. The molecular formula is C19H16O3S4. The molecule has 3 aromatic carbocycles. The Kier molecular flexibility index (Phi) is 5.62. The van der Waals surface area contributed by atoms with E-state index in [4.69, 9.17) is 0 Å². The highest BCUT2D eigenvalue weighted by atomic mass is 32.1. The van der Waals surface area contributed by atoms with Crippen molar-refractivity contribution in [3.8, 4) is 17.2 Å². The number of thiol groups is 4. The molecule has 0 heterocycles. The molecule has 0 bridgehead atoms. The van der Waals surface area contributed by atoms with Crippen molar-refractivity contribution in [3.05, 3.63) is 65.2 Å². The number of aromatic hydroxyl groups is 3. The van der Waals surface area contributed by atoms with Crippen molar-refractivity contribution in [2.24, 2.45) is 0 Å². The Labute approximate surface area is 173 Å². The molecule has 0 atom stereocenters. The first kappa shape index (κ1) is 19.2. The predicted molar refractivity (Wildman–Crippen MR) is 114 cm³/mol. The molecule has 26 heavy (non-hydrogen) atoms. The van der Waals surface area contributed by atoms with Crippen molar-refractivity contribution < 1.29 is 15.3 Å². The summed E-state index contributed by atoms with van der Waals surface area (Å²) in [6.07, 6.45) is 0. The number of benzene rings is 3. The van der Waals surface area contributed by atoms with Gasteiger partial charge < -0.3 is 15.3 Å². The van der Waals surface area contributed by atoms with Crippen molar-refractivity contribution in [3.63, 3.8) is 0 Å². The van der Waals surface area contributed by atoms with Crippen LogP contribution >= 0.6 is 50.5 Å². The molecule has 134 valence electrons. The lowest BCUT2D eigenvalue weighted by molar-refractivity contribution is 0.449. The highest BCUT2D eigenvalue weighted by Crippen LogP contribution is 2.41. The van der Waals surface area contributed by atoms with Crippen LogP contribution in [0.4, 0.5) is 0 Å². The van der Waals surface area contributed by atoms with Crippen LogP contribution in [-0.2, 0) is 0 Å². The zero-order valence-corrected chi connectivity index (χ0v) is 16.9. The van der Waals surface area contributed by atoms with Gasteiger partial charge in [0.15, 0.2) is 0 Å². The maximum absolute atomic E-state index is 9.97. The fourth-order valence-corrected chi connectivity index (χ4v) is 4.08. The molecule has 3 aromatic rings. The van der Waals surface area contributed by atoms with Crippen molar-refractivity contribution in [1.82, 2.24) is 0 Å². The van der Waals surface area contributed by atoms with Crippen LogP contribution in [0.2, 0.25) is 0 Å². The molecule has 0 spiro atoms. The van der Waals surface area contributed by atoms with Crippen LogP contribution in [0.5, 0.6) is 17.2 Å². The summed E-state index contributed by atoms with van der Waals surface area (Å²) in [4.78, 5) is 1.64. The Hall–Kier alpha value is -1.54. The monoisotopic (exact) mass is 420 g/mol. The topological polar surface area (TPSA) is 60.7 Å². The van der Waals surface area contributed by atoms with E-state index in [0.29, 0.717) is 19.6 Å². The number of rotatable bonds is 3. The first-order valence-electron chi connectivity index (χ1n) is 7.56. The molecule has 0 radical (unpaired) electrons. The number of phenols is 3. The van der Waals surface area contributed by atoms with E-state index in [0.717, 1.165) is 16.7 Å². The van der Waals surface area contributed by atoms with Crippen molar-refractivity contribution in [2.75, 3.05) is 0 Å². The molecule has 0 saturated heterocycles. The Morgan fingerprint density at radius 1 is 0.538 bits per heavy atom. The lowest BCUT2D eigenvalue weighted by atomic mass is 9.85. The molecule has 3 rings (SSSR count). The van der Waals surface area contributed by atoms with Gasteiger partial charge in [0.05, 0.1) is 0 Å². The van der Waals surface area contributed by atoms with Gasteiger partial charge in [-0.15, -0.1) is 50.5 Å². The lowest BCUT2D eigenvalue weighted by Gasteiger charge is -2.21. The molecule has 3 N–H and O–H groups in total. The molecule has 0 aliphatic carbocycles. The van der Waals surface area contributed by atoms with Gasteiger partial charge in [0.1, 0.15) is 17.2 Å². The Morgan fingerprint density at radius 2 is 0.885 bits per heavy atom. The minimum atomic E-state index is -0.259. The quantitative estimate of drug-likeness (QED) is 0.237. The van der Waals surface area contributed by atoms with Gasteiger partial charge in [-0.3, -0.25) is 0 Å². The van der Waals surface area contributed by atoms with Gasteiger partial charge >= 0.3 is 0 Å². The first-order chi connectivity index (χ1) is 12.3. The third kappa shape index (κ3) is 3.76. The van der Waals surface area contributed by atoms with Crippen molar-refractivity contribution >= 4 is 50.5 Å². The second-order valence-electron chi connectivity index (χ2n) is 5.84. The van der Waals surface area contributed by atoms with E-state index >= 15 is 0 Å². The third-order valence-corrected chi connectivity index (χ3v) is 5.44. The summed E-state index contributed by atoms with van der Waals surface area (Å²) in [7, 11) is 0. The van der Waals surface area contributed by atoms with Gasteiger partial charge in [-0.25, -0.2) is 0 Å². The average Bonchev–Trinajstić information content (AvgIpc) is 2.59. The fourth-order valence-electron chi connectivity index (χ4n) is 2.83. The predicted octanol–water partition coefficient (Wildman–Crippen LogP) is 5.14. The van der Waals surface area contributed by atoms with Gasteiger partial charge in [-0.1, -0.05) is 12.1 Å². The first-order valence-corrected chi connectivity index (χ1v) is 9.35. The van der Waals surface area contributed by atoms with E-state index in [9.17, 15) is 15.3 Å². The second kappa shape index (κ2) is 7.60. The van der Waals surface area contributed by atoms with E-state index < -0.39 is 0 Å². The maximum Gasteiger partial charge on any atom is 0.142 e. The zero-order valence-electron chi connectivity index (χ0n) is 13.3. The van der Waals surface area contributed by atoms with Crippen LogP contribution in [0.3, 0.4) is 0 Å². The Bertz CT molecular complexity index is 868. The highest BCUT2D eigenvalue weighted by molar-refractivity contribution is 7.81. The average molecular weight is 421 g/mol. The van der Waals surface area contributed by atoms with E-state index in [1.807, 2.05) is 12.1 Å². The summed E-state index contributed by atoms with van der Waals surface area (Å²) in [6.45, 7) is 0. The van der Waals surface area contributed by atoms with Crippen LogP contribution < -0.4 is 0 Å². The summed E-state index contributed by atoms with van der Waals surface area (Å²) >= 11 is 17.3. The Morgan fingerprint density at radius 3 is 1.23 bits per heavy atom. The van der Waals surface area contributed by atoms with Gasteiger partial charge in [0.25, 0.3) is 0 Å². The minimum Gasteiger partial charge on any atom is -0.508 e. The number of hydrogen-bond donors (Lipinski definition) is 7. The maximum atomic E-state index is 9.97. The smallest absolute Gasteiger partial charge is 0.142 e. The second-order valence-corrected chi connectivity index (χ2v) is 7.77. The van der Waals surface area contributed by atoms with Crippen LogP contribution in [0.15, 0.2) is 68.1 Å². The molecular weight excluding hydrogens is 404 g/mol. The molecule has 0 fully saturated rings. The highest BCUT2D eigenvalue weighted by Gasteiger charge is 2.21. The SMILES string of the molecule is Oc1ccc(C(c2cc(S)c(O)c(S)c2)c2cc(S)c(O)c(S)c2)cc1. The molecule has 0 unspecified atom stereocenters. The molecule has 0 aromatic heterocycles. The van der Waals surface area contributed by atoms with Gasteiger partial charge in [-0.05, 0) is 53.1 Å². The lowest BCUT2D eigenvalue weighted by Crippen LogP contribution is -2.04.